The van der Waals surface area contributed by atoms with E-state index < -0.39 is 0 Å². The van der Waals surface area contributed by atoms with E-state index in [0.717, 1.165) is 29.8 Å². The van der Waals surface area contributed by atoms with Gasteiger partial charge in [-0.1, -0.05) is 35.5 Å². The molecule has 4 heterocycles. The highest BCUT2D eigenvalue weighted by molar-refractivity contribution is 5.77. The van der Waals surface area contributed by atoms with Gasteiger partial charge in [0.05, 0.1) is 12.6 Å². The van der Waals surface area contributed by atoms with Crippen molar-refractivity contribution in [2.45, 2.75) is 32.4 Å². The Morgan fingerprint density at radius 3 is 2.76 bits per heavy atom. The van der Waals surface area contributed by atoms with Gasteiger partial charge in [-0.2, -0.15) is 0 Å². The lowest BCUT2D eigenvalue weighted by Gasteiger charge is -2.23. The van der Waals surface area contributed by atoms with E-state index >= 15 is 0 Å². The van der Waals surface area contributed by atoms with Crippen molar-refractivity contribution in [3.05, 3.63) is 66.0 Å². The van der Waals surface area contributed by atoms with Gasteiger partial charge in [-0.05, 0) is 38.4 Å². The molecule has 148 valence electrons. The molecule has 3 aromatic heterocycles. The van der Waals surface area contributed by atoms with Crippen LogP contribution in [0.5, 0.6) is 0 Å². The highest BCUT2D eigenvalue weighted by Crippen LogP contribution is 2.35. The molecule has 0 aliphatic carbocycles. The molecule has 29 heavy (non-hydrogen) atoms. The lowest BCUT2D eigenvalue weighted by Crippen LogP contribution is -2.24. The zero-order chi connectivity index (χ0) is 19.8. The van der Waals surface area contributed by atoms with Crippen LogP contribution in [0.1, 0.15) is 36.2 Å². The van der Waals surface area contributed by atoms with Gasteiger partial charge in [-0.3, -0.25) is 4.90 Å². The van der Waals surface area contributed by atoms with Crippen LogP contribution in [0.2, 0.25) is 0 Å². The Labute approximate surface area is 168 Å². The second kappa shape index (κ2) is 7.33. The number of hydrogen-bond donors (Lipinski definition) is 0. The molecule has 0 radical (unpaired) electrons. The normalized spacial score (nSPS) is 17.2. The summed E-state index contributed by atoms with van der Waals surface area (Å²) in [6, 6.07) is 14.6. The number of rotatable bonds is 5. The van der Waals surface area contributed by atoms with Crippen molar-refractivity contribution in [2.75, 3.05) is 6.54 Å². The molecule has 7 nitrogen and oxygen atoms in total. The fourth-order valence-corrected chi connectivity index (χ4v) is 4.18. The van der Waals surface area contributed by atoms with E-state index in [1.54, 1.807) is 0 Å². The van der Waals surface area contributed by atoms with E-state index in [2.05, 4.69) is 50.2 Å². The molecule has 0 saturated carbocycles. The van der Waals surface area contributed by atoms with Crippen LogP contribution in [-0.4, -0.2) is 31.4 Å². The molecule has 1 saturated heterocycles. The minimum absolute atomic E-state index is 0.377. The van der Waals surface area contributed by atoms with Crippen LogP contribution < -0.4 is 0 Å². The Hall–Kier alpha value is -3.19. The summed E-state index contributed by atoms with van der Waals surface area (Å²) in [4.78, 5) is 2.41. The van der Waals surface area contributed by atoms with Gasteiger partial charge in [0.1, 0.15) is 17.0 Å². The van der Waals surface area contributed by atoms with Crippen LogP contribution in [0, 0.1) is 6.92 Å². The monoisotopic (exact) mass is 389 g/mol. The summed E-state index contributed by atoms with van der Waals surface area (Å²) in [5.41, 5.74) is 3.77. The zero-order valence-corrected chi connectivity index (χ0v) is 16.6. The first kappa shape index (κ1) is 17.9. The van der Waals surface area contributed by atoms with Crippen LogP contribution in [0.15, 0.2) is 57.6 Å². The van der Waals surface area contributed by atoms with Crippen molar-refractivity contribution in [2.24, 2.45) is 7.05 Å². The maximum atomic E-state index is 6.06. The van der Waals surface area contributed by atoms with Gasteiger partial charge in [0.25, 0.3) is 5.89 Å². The highest BCUT2D eigenvalue weighted by Gasteiger charge is 2.29. The second-order valence-corrected chi connectivity index (χ2v) is 7.50. The minimum Gasteiger partial charge on any atom is -0.419 e. The molecule has 0 N–H and O–H groups in total. The van der Waals surface area contributed by atoms with Gasteiger partial charge >= 0.3 is 0 Å². The number of benzene rings is 1. The second-order valence-electron chi connectivity index (χ2n) is 7.50. The molecule has 5 rings (SSSR count). The number of likely N-dealkylation sites (tertiary alicyclic amines) is 1. The van der Waals surface area contributed by atoms with Crippen LogP contribution in [0.4, 0.5) is 0 Å². The van der Waals surface area contributed by atoms with Crippen molar-refractivity contribution < 1.29 is 8.94 Å². The molecule has 4 aromatic rings. The minimum atomic E-state index is 0.377. The average Bonchev–Trinajstić information content (AvgIpc) is 3.51. The molecule has 0 bridgehead atoms. The Morgan fingerprint density at radius 1 is 1.10 bits per heavy atom. The number of aryl methyl sites for hydroxylation is 2. The van der Waals surface area contributed by atoms with Gasteiger partial charge in [-0.15, -0.1) is 10.2 Å². The van der Waals surface area contributed by atoms with E-state index in [1.807, 2.05) is 37.3 Å². The van der Waals surface area contributed by atoms with Crippen molar-refractivity contribution in [1.29, 1.82) is 0 Å². The number of nitrogens with zero attached hydrogens (tertiary/aromatic N) is 5. The molecule has 0 unspecified atom stereocenters. The lowest BCUT2D eigenvalue weighted by molar-refractivity contribution is 0.218. The fraction of sp³-hybridized carbons (Fsp3) is 0.318. The largest absolute Gasteiger partial charge is 0.419 e. The van der Waals surface area contributed by atoms with E-state index in [9.17, 15) is 0 Å². The molecule has 0 spiro atoms. The third kappa shape index (κ3) is 3.27. The van der Waals surface area contributed by atoms with E-state index in [0.29, 0.717) is 30.1 Å². The third-order valence-corrected chi connectivity index (χ3v) is 5.62. The van der Waals surface area contributed by atoms with Gasteiger partial charge in [0, 0.05) is 24.5 Å². The molecule has 1 atom stereocenters. The quantitative estimate of drug-likeness (QED) is 0.504. The molecule has 1 fully saturated rings. The summed E-state index contributed by atoms with van der Waals surface area (Å²) in [6.07, 6.45) is 4.40. The van der Waals surface area contributed by atoms with E-state index in [-0.39, 0.29) is 0 Å². The molecule has 1 aliphatic rings. The number of hydrogen-bond acceptors (Lipinski definition) is 6. The van der Waals surface area contributed by atoms with E-state index in [4.69, 9.17) is 8.94 Å². The first-order valence-corrected chi connectivity index (χ1v) is 9.90. The zero-order valence-electron chi connectivity index (χ0n) is 16.6. The van der Waals surface area contributed by atoms with Gasteiger partial charge in [0.2, 0.25) is 5.89 Å². The first-order chi connectivity index (χ1) is 14.2. The summed E-state index contributed by atoms with van der Waals surface area (Å²) in [5.74, 6) is 1.73. The van der Waals surface area contributed by atoms with Crippen LogP contribution in [-0.2, 0) is 13.6 Å². The SMILES string of the molecule is Cc1onc(-c2ccccc2)c1-c1nnc(CN2CCC[C@H]2c2cccn2C)o1. The Bertz CT molecular complexity index is 1110. The van der Waals surface area contributed by atoms with E-state index in [1.165, 1.54) is 12.1 Å². The standard InChI is InChI=1S/C22H23N5O2/c1-15-20(21(25-29-15)16-8-4-3-5-9-16)22-24-23-19(28-22)14-27-13-7-11-18(27)17-10-6-12-26(17)2/h3-6,8-10,12,18H,7,11,13-14H2,1-2H3/t18-/m0/s1. The first-order valence-electron chi connectivity index (χ1n) is 9.90. The predicted molar refractivity (Wildman–Crippen MR) is 108 cm³/mol. The van der Waals surface area contributed by atoms with Gasteiger partial charge in [-0.25, -0.2) is 0 Å². The molecular formula is C22H23N5O2. The van der Waals surface area contributed by atoms with Crippen LogP contribution in [0.3, 0.4) is 0 Å². The predicted octanol–water partition coefficient (Wildman–Crippen LogP) is 4.38. The fourth-order valence-electron chi connectivity index (χ4n) is 4.18. The maximum Gasteiger partial charge on any atom is 0.253 e. The van der Waals surface area contributed by atoms with Gasteiger partial charge < -0.3 is 13.5 Å². The number of aromatic nitrogens is 4. The molecular weight excluding hydrogens is 366 g/mol. The summed E-state index contributed by atoms with van der Waals surface area (Å²) in [5, 5.41) is 12.8. The lowest BCUT2D eigenvalue weighted by atomic mass is 10.1. The average molecular weight is 389 g/mol. The van der Waals surface area contributed by atoms with Crippen LogP contribution in [0.25, 0.3) is 22.7 Å². The Kier molecular flexibility index (Phi) is 4.52. The van der Waals surface area contributed by atoms with Crippen LogP contribution >= 0.6 is 0 Å². The Balaban J connectivity index is 1.41. The van der Waals surface area contributed by atoms with Crippen molar-refractivity contribution in [1.82, 2.24) is 24.8 Å². The summed E-state index contributed by atoms with van der Waals surface area (Å²) < 4.78 is 13.7. The molecule has 0 amide bonds. The Morgan fingerprint density at radius 2 is 1.97 bits per heavy atom. The summed E-state index contributed by atoms with van der Waals surface area (Å²) in [7, 11) is 2.09. The maximum absolute atomic E-state index is 6.06. The summed E-state index contributed by atoms with van der Waals surface area (Å²) >= 11 is 0. The topological polar surface area (TPSA) is 73.1 Å². The summed E-state index contributed by atoms with van der Waals surface area (Å²) in [6.45, 7) is 3.52. The third-order valence-electron chi connectivity index (χ3n) is 5.62. The smallest absolute Gasteiger partial charge is 0.253 e. The molecule has 7 heteroatoms. The molecule has 1 aliphatic heterocycles. The van der Waals surface area contributed by atoms with Crippen molar-refractivity contribution in [3.8, 4) is 22.7 Å². The van der Waals surface area contributed by atoms with Crippen molar-refractivity contribution >= 4 is 0 Å². The van der Waals surface area contributed by atoms with Crippen molar-refractivity contribution in [3.63, 3.8) is 0 Å². The van der Waals surface area contributed by atoms with Gasteiger partial charge in [0.15, 0.2) is 0 Å². The highest BCUT2D eigenvalue weighted by atomic mass is 16.5. The molecule has 1 aromatic carbocycles.